The molecule has 2 aliphatic rings. The number of aromatic amines is 1. The standard InChI is InChI=1S/C30H33FN4O3/c1-19-20(2)29(37)33-32-27(19)17-21-8-13-26(31)25(16-21)30(38)34-14-15-35(28(36)18-34)24-11-9-23(10-12-24)22-6-4-3-5-7-22/h3-8,13,16,23-24H,9-12,14-15,17-18H2,1-2H3,(H,33,37). The molecule has 2 aromatic carbocycles. The second kappa shape index (κ2) is 10.9. The first kappa shape index (κ1) is 25.8. The second-order valence-corrected chi connectivity index (χ2v) is 10.5. The number of benzene rings is 2. The summed E-state index contributed by atoms with van der Waals surface area (Å²) in [4.78, 5) is 41.5. The van der Waals surface area contributed by atoms with Crippen LogP contribution in [0.2, 0.25) is 0 Å². The summed E-state index contributed by atoms with van der Waals surface area (Å²) in [7, 11) is 0. The number of nitrogens with one attached hydrogen (secondary N) is 1. The third-order valence-electron chi connectivity index (χ3n) is 8.21. The number of piperazine rings is 1. The maximum atomic E-state index is 14.7. The summed E-state index contributed by atoms with van der Waals surface area (Å²) < 4.78 is 14.7. The van der Waals surface area contributed by atoms with Gasteiger partial charge in [-0.05, 0) is 74.3 Å². The van der Waals surface area contributed by atoms with Crippen LogP contribution in [0.25, 0.3) is 0 Å². The third-order valence-corrected chi connectivity index (χ3v) is 8.21. The van der Waals surface area contributed by atoms with Crippen molar-refractivity contribution in [3.05, 3.63) is 98.2 Å². The van der Waals surface area contributed by atoms with Crippen molar-refractivity contribution >= 4 is 11.8 Å². The predicted molar refractivity (Wildman–Crippen MR) is 143 cm³/mol. The van der Waals surface area contributed by atoms with E-state index in [2.05, 4.69) is 34.5 Å². The monoisotopic (exact) mass is 516 g/mol. The highest BCUT2D eigenvalue weighted by atomic mass is 19.1. The first-order valence-corrected chi connectivity index (χ1v) is 13.3. The zero-order chi connectivity index (χ0) is 26.8. The average molecular weight is 517 g/mol. The third kappa shape index (κ3) is 5.26. The number of nitrogens with zero attached hydrogens (tertiary/aromatic N) is 3. The van der Waals surface area contributed by atoms with E-state index in [1.807, 2.05) is 17.9 Å². The van der Waals surface area contributed by atoms with Gasteiger partial charge in [0.1, 0.15) is 12.4 Å². The Morgan fingerprint density at radius 2 is 1.74 bits per heavy atom. The molecule has 1 saturated carbocycles. The van der Waals surface area contributed by atoms with E-state index >= 15 is 0 Å². The minimum Gasteiger partial charge on any atom is -0.336 e. The van der Waals surface area contributed by atoms with Gasteiger partial charge in [0.05, 0.1) is 11.3 Å². The maximum absolute atomic E-state index is 14.7. The molecule has 1 saturated heterocycles. The van der Waals surface area contributed by atoms with E-state index in [1.54, 1.807) is 13.0 Å². The summed E-state index contributed by atoms with van der Waals surface area (Å²) in [5, 5.41) is 6.61. The van der Waals surface area contributed by atoms with Crippen molar-refractivity contribution in [1.82, 2.24) is 20.0 Å². The molecule has 0 spiro atoms. The Morgan fingerprint density at radius 1 is 1.00 bits per heavy atom. The van der Waals surface area contributed by atoms with Gasteiger partial charge in [0, 0.05) is 31.1 Å². The normalized spacial score (nSPS) is 20.0. The molecule has 8 heteroatoms. The summed E-state index contributed by atoms with van der Waals surface area (Å²) in [6.45, 7) is 4.35. The summed E-state index contributed by atoms with van der Waals surface area (Å²) in [6.07, 6.45) is 4.34. The van der Waals surface area contributed by atoms with Crippen molar-refractivity contribution in [3.63, 3.8) is 0 Å². The topological polar surface area (TPSA) is 86.4 Å². The van der Waals surface area contributed by atoms with Crippen LogP contribution < -0.4 is 5.56 Å². The van der Waals surface area contributed by atoms with Gasteiger partial charge in [-0.2, -0.15) is 5.10 Å². The molecule has 0 unspecified atom stereocenters. The Morgan fingerprint density at radius 3 is 2.45 bits per heavy atom. The van der Waals surface area contributed by atoms with Crippen LogP contribution in [0.5, 0.6) is 0 Å². The lowest BCUT2D eigenvalue weighted by Crippen LogP contribution is -2.56. The van der Waals surface area contributed by atoms with Gasteiger partial charge in [-0.15, -0.1) is 0 Å². The van der Waals surface area contributed by atoms with Crippen LogP contribution in [0.1, 0.15) is 69.9 Å². The largest absolute Gasteiger partial charge is 0.336 e. The van der Waals surface area contributed by atoms with Crippen LogP contribution >= 0.6 is 0 Å². The molecule has 2 fully saturated rings. The summed E-state index contributed by atoms with van der Waals surface area (Å²) in [6, 6.07) is 15.1. The van der Waals surface area contributed by atoms with Crippen LogP contribution in [0.4, 0.5) is 4.39 Å². The number of carbonyl (C=O) groups excluding carboxylic acids is 2. The van der Waals surface area contributed by atoms with Crippen molar-refractivity contribution in [2.75, 3.05) is 19.6 Å². The van der Waals surface area contributed by atoms with E-state index < -0.39 is 11.7 Å². The van der Waals surface area contributed by atoms with Crippen LogP contribution in [-0.2, 0) is 11.2 Å². The zero-order valence-corrected chi connectivity index (χ0v) is 21.9. The molecule has 0 bridgehead atoms. The Balaban J connectivity index is 1.22. The molecule has 2 amide bonds. The van der Waals surface area contributed by atoms with Crippen molar-refractivity contribution in [2.24, 2.45) is 0 Å². The highest BCUT2D eigenvalue weighted by Crippen LogP contribution is 2.35. The molecule has 38 heavy (non-hydrogen) atoms. The molecule has 1 aliphatic heterocycles. The van der Waals surface area contributed by atoms with E-state index in [4.69, 9.17) is 0 Å². The summed E-state index contributed by atoms with van der Waals surface area (Å²) in [5.41, 5.74) is 3.79. The Hall–Kier alpha value is -3.81. The van der Waals surface area contributed by atoms with E-state index in [0.717, 1.165) is 31.2 Å². The maximum Gasteiger partial charge on any atom is 0.267 e. The van der Waals surface area contributed by atoms with Crippen molar-refractivity contribution < 1.29 is 14.0 Å². The number of carbonyl (C=O) groups is 2. The highest BCUT2D eigenvalue weighted by Gasteiger charge is 2.35. The number of halogens is 1. The molecule has 1 N–H and O–H groups in total. The molecular formula is C30H33FN4O3. The molecular weight excluding hydrogens is 483 g/mol. The van der Waals surface area contributed by atoms with E-state index in [0.29, 0.717) is 42.2 Å². The Labute approximate surface area is 221 Å². The van der Waals surface area contributed by atoms with Gasteiger partial charge in [-0.25, -0.2) is 9.49 Å². The molecule has 2 heterocycles. The SMILES string of the molecule is Cc1c(Cc2ccc(F)c(C(=O)N3CCN(C4CCC(c5ccccc5)CC4)C(=O)C3)c2)n[nH]c(=O)c1C. The predicted octanol–water partition coefficient (Wildman–Crippen LogP) is 4.13. The summed E-state index contributed by atoms with van der Waals surface area (Å²) >= 11 is 0. The van der Waals surface area contributed by atoms with Crippen molar-refractivity contribution in [3.8, 4) is 0 Å². The van der Waals surface area contributed by atoms with Gasteiger partial charge in [0.15, 0.2) is 0 Å². The van der Waals surface area contributed by atoms with Crippen LogP contribution in [0.15, 0.2) is 53.3 Å². The van der Waals surface area contributed by atoms with Gasteiger partial charge < -0.3 is 9.80 Å². The second-order valence-electron chi connectivity index (χ2n) is 10.5. The molecule has 1 aromatic heterocycles. The minimum absolute atomic E-state index is 0.0408. The van der Waals surface area contributed by atoms with Gasteiger partial charge in [-0.3, -0.25) is 14.4 Å². The number of H-pyrrole nitrogens is 1. The molecule has 0 radical (unpaired) electrons. The molecule has 1 aliphatic carbocycles. The molecule has 0 atom stereocenters. The first-order valence-electron chi connectivity index (χ1n) is 13.3. The van der Waals surface area contributed by atoms with Gasteiger partial charge in [0.2, 0.25) is 5.91 Å². The van der Waals surface area contributed by atoms with Crippen LogP contribution in [-0.4, -0.2) is 57.5 Å². The van der Waals surface area contributed by atoms with E-state index in [9.17, 15) is 18.8 Å². The lowest BCUT2D eigenvalue weighted by Gasteiger charge is -2.42. The van der Waals surface area contributed by atoms with E-state index in [1.165, 1.54) is 22.6 Å². The highest BCUT2D eigenvalue weighted by molar-refractivity contribution is 5.97. The van der Waals surface area contributed by atoms with Crippen LogP contribution in [0, 0.1) is 19.7 Å². The fourth-order valence-corrected chi connectivity index (χ4v) is 5.75. The quantitative estimate of drug-likeness (QED) is 0.553. The average Bonchev–Trinajstić information content (AvgIpc) is 2.94. The molecule has 198 valence electrons. The van der Waals surface area contributed by atoms with Gasteiger partial charge >= 0.3 is 0 Å². The fourth-order valence-electron chi connectivity index (χ4n) is 5.75. The first-order chi connectivity index (χ1) is 18.3. The number of amides is 2. The van der Waals surface area contributed by atoms with Crippen molar-refractivity contribution in [2.45, 2.75) is 57.9 Å². The number of rotatable bonds is 5. The molecule has 3 aromatic rings. The minimum atomic E-state index is -0.616. The lowest BCUT2D eigenvalue weighted by molar-refractivity contribution is -0.138. The summed E-state index contributed by atoms with van der Waals surface area (Å²) in [5.74, 6) is -0.643. The van der Waals surface area contributed by atoms with Gasteiger partial charge in [-0.1, -0.05) is 36.4 Å². The zero-order valence-electron chi connectivity index (χ0n) is 21.9. The Bertz CT molecular complexity index is 1400. The van der Waals surface area contributed by atoms with E-state index in [-0.39, 0.29) is 29.6 Å². The molecule has 7 nitrogen and oxygen atoms in total. The smallest absolute Gasteiger partial charge is 0.267 e. The van der Waals surface area contributed by atoms with Gasteiger partial charge in [0.25, 0.3) is 11.5 Å². The Kier molecular flexibility index (Phi) is 7.40. The fraction of sp³-hybridized carbons (Fsp3) is 0.400. The number of aromatic nitrogens is 2. The van der Waals surface area contributed by atoms with Crippen molar-refractivity contribution in [1.29, 1.82) is 0 Å². The molecule has 5 rings (SSSR count). The lowest BCUT2D eigenvalue weighted by atomic mass is 9.81. The number of hydrogen-bond acceptors (Lipinski definition) is 4. The number of hydrogen-bond donors (Lipinski definition) is 1. The van der Waals surface area contributed by atoms with Crippen LogP contribution in [0.3, 0.4) is 0 Å².